The van der Waals surface area contributed by atoms with E-state index in [-0.39, 0.29) is 0 Å². The number of quaternary nitrogens is 1. The van der Waals surface area contributed by atoms with E-state index >= 15 is 0 Å². The molecule has 1 atom stereocenters. The highest BCUT2D eigenvalue weighted by atomic mass is 35.5. The molecule has 0 aliphatic carbocycles. The van der Waals surface area contributed by atoms with E-state index in [9.17, 15) is 10.0 Å². The average Bonchev–Trinajstić information content (AvgIpc) is 2.79. The van der Waals surface area contributed by atoms with Crippen LogP contribution in [0.5, 0.6) is 0 Å². The van der Waals surface area contributed by atoms with Gasteiger partial charge in [0.05, 0.1) is 31.1 Å². The van der Waals surface area contributed by atoms with Crippen LogP contribution in [-0.4, -0.2) is 66.4 Å². The lowest BCUT2D eigenvalue weighted by molar-refractivity contribution is -0.885. The summed E-state index contributed by atoms with van der Waals surface area (Å²) >= 11 is 5.99. The monoisotopic (exact) mass is 412 g/mol. The van der Waals surface area contributed by atoms with Crippen molar-refractivity contribution in [1.82, 2.24) is 4.90 Å². The van der Waals surface area contributed by atoms with Crippen LogP contribution in [0.3, 0.4) is 0 Å². The first-order valence-corrected chi connectivity index (χ1v) is 8.89. The molecule has 150 valence electrons. The number of ether oxygens (including phenoxy) is 1. The number of carboxylic acids is 1. The normalized spacial score (nSPS) is 29.4. The Bertz CT molecular complexity index is 1060. The number of benzene rings is 2. The molecular formula is C21H25ClN2O4. The Morgan fingerprint density at radius 3 is 2.39 bits per heavy atom. The van der Waals surface area contributed by atoms with Gasteiger partial charge in [0.2, 0.25) is 0 Å². The van der Waals surface area contributed by atoms with E-state index in [1.165, 1.54) is 24.3 Å². The summed E-state index contributed by atoms with van der Waals surface area (Å²) in [5.41, 5.74) is 0.621. The topological polar surface area (TPSA) is 72.8 Å². The summed E-state index contributed by atoms with van der Waals surface area (Å²) in [7, 11) is 0. The SMILES string of the molecule is [2H]C1([2H])N(C(c2ccccc2)c2ccc(Cl)cc2)C([2H])([2H])C([2H])([2H])[N+]([O-])(CCOCC(=O)O)C1([2H])[2H]. The summed E-state index contributed by atoms with van der Waals surface area (Å²) in [5, 5.41) is 22.9. The maximum Gasteiger partial charge on any atom is 0.329 e. The largest absolute Gasteiger partial charge is 0.633 e. The Morgan fingerprint density at radius 2 is 1.79 bits per heavy atom. The number of halogens is 1. The number of hydroxylamine groups is 3. The summed E-state index contributed by atoms with van der Waals surface area (Å²) in [6, 6.07) is 12.6. The van der Waals surface area contributed by atoms with Crippen LogP contribution in [0.15, 0.2) is 54.6 Å². The van der Waals surface area contributed by atoms with Crippen LogP contribution >= 0.6 is 11.6 Å². The summed E-state index contributed by atoms with van der Waals surface area (Å²) in [4.78, 5) is 11.1. The molecule has 0 radical (unpaired) electrons. The van der Waals surface area contributed by atoms with Gasteiger partial charge in [-0.15, -0.1) is 0 Å². The maximum absolute atomic E-state index is 13.8. The highest BCUT2D eigenvalue weighted by Crippen LogP contribution is 2.31. The number of aliphatic carboxylic acids is 1. The molecule has 0 bridgehead atoms. The van der Waals surface area contributed by atoms with Crippen molar-refractivity contribution in [2.45, 2.75) is 6.04 Å². The average molecular weight is 413 g/mol. The first-order chi connectivity index (χ1) is 16.5. The molecule has 1 fully saturated rings. The third-order valence-corrected chi connectivity index (χ3v) is 4.29. The zero-order valence-electron chi connectivity index (χ0n) is 22.8. The molecule has 0 spiro atoms. The van der Waals surface area contributed by atoms with Crippen molar-refractivity contribution in [2.24, 2.45) is 0 Å². The zero-order chi connectivity index (χ0) is 27.2. The van der Waals surface area contributed by atoms with Gasteiger partial charge in [-0.3, -0.25) is 4.90 Å². The van der Waals surface area contributed by atoms with Crippen LogP contribution in [0.2, 0.25) is 5.02 Å². The van der Waals surface area contributed by atoms with E-state index in [2.05, 4.69) is 0 Å². The fourth-order valence-corrected chi connectivity index (χ4v) is 2.82. The van der Waals surface area contributed by atoms with Crippen molar-refractivity contribution in [2.75, 3.05) is 45.7 Å². The molecule has 0 amide bonds. The number of hydrogen-bond acceptors (Lipinski definition) is 4. The molecule has 1 heterocycles. The minimum absolute atomic E-state index is 0.292. The number of carbonyl (C=O) groups is 1. The van der Waals surface area contributed by atoms with Gasteiger partial charge in [0, 0.05) is 23.5 Å². The van der Waals surface area contributed by atoms with Crippen LogP contribution in [0.1, 0.15) is 28.1 Å². The first kappa shape index (κ1) is 12.6. The fourth-order valence-electron chi connectivity index (χ4n) is 2.69. The van der Waals surface area contributed by atoms with Crippen LogP contribution < -0.4 is 0 Å². The minimum Gasteiger partial charge on any atom is -0.633 e. The van der Waals surface area contributed by atoms with Gasteiger partial charge in [0.1, 0.15) is 13.2 Å². The lowest BCUT2D eigenvalue weighted by atomic mass is 9.96. The Balaban J connectivity index is 2.20. The second-order valence-electron chi connectivity index (χ2n) is 6.09. The number of hydrogen-bond donors (Lipinski definition) is 1. The summed E-state index contributed by atoms with van der Waals surface area (Å²) < 4.78 is 71.2. The third-order valence-electron chi connectivity index (χ3n) is 4.04. The molecule has 1 unspecified atom stereocenters. The molecule has 28 heavy (non-hydrogen) atoms. The van der Waals surface area contributed by atoms with Crippen LogP contribution in [0.25, 0.3) is 0 Å². The van der Waals surface area contributed by atoms with Crippen LogP contribution in [0.4, 0.5) is 0 Å². The molecule has 1 aliphatic rings. The predicted molar refractivity (Wildman–Crippen MR) is 108 cm³/mol. The van der Waals surface area contributed by atoms with E-state index in [4.69, 9.17) is 32.4 Å². The highest BCUT2D eigenvalue weighted by molar-refractivity contribution is 6.30. The molecular weight excluding hydrogens is 380 g/mol. The molecule has 0 aromatic heterocycles. The van der Waals surface area contributed by atoms with Crippen LogP contribution in [0, 0.1) is 5.21 Å². The summed E-state index contributed by atoms with van der Waals surface area (Å²) in [6.07, 6.45) is 0. The predicted octanol–water partition coefficient (Wildman–Crippen LogP) is 3.16. The number of piperazine rings is 1. The van der Waals surface area contributed by atoms with Gasteiger partial charge in [-0.2, -0.15) is 0 Å². The molecule has 7 heteroatoms. The van der Waals surface area contributed by atoms with Crippen molar-refractivity contribution in [3.63, 3.8) is 0 Å². The van der Waals surface area contributed by atoms with Crippen molar-refractivity contribution >= 4 is 17.6 Å². The summed E-state index contributed by atoms with van der Waals surface area (Å²) in [6.45, 7) is -16.5. The smallest absolute Gasteiger partial charge is 0.329 e. The minimum atomic E-state index is -3.56. The molecule has 1 N–H and O–H groups in total. The Hall–Kier alpha value is -1.96. The number of nitrogens with zero attached hydrogens (tertiary/aromatic N) is 2. The number of carboxylic acid groups (broad SMARTS) is 1. The van der Waals surface area contributed by atoms with E-state index in [0.29, 0.717) is 21.0 Å². The standard InChI is InChI=1S/C21H25ClN2O4/c22-19-8-6-18(7-9-19)21(17-4-2-1-3-5-17)23-10-12-24(27,13-11-23)14-15-28-16-20(25)26/h1-9,21H,10-16H2,(H,25,26)/i10D2,11D2,12D2,13D2. The third kappa shape index (κ3) is 5.53. The van der Waals surface area contributed by atoms with Crippen LogP contribution in [-0.2, 0) is 9.53 Å². The van der Waals surface area contributed by atoms with Crippen molar-refractivity contribution in [3.05, 3.63) is 76.0 Å². The quantitative estimate of drug-likeness (QED) is 0.409. The maximum atomic E-state index is 13.8. The highest BCUT2D eigenvalue weighted by Gasteiger charge is 2.31. The van der Waals surface area contributed by atoms with Gasteiger partial charge in [-0.1, -0.05) is 54.1 Å². The van der Waals surface area contributed by atoms with Crippen molar-refractivity contribution in [1.29, 1.82) is 0 Å². The van der Waals surface area contributed by atoms with E-state index in [1.54, 1.807) is 30.3 Å². The van der Waals surface area contributed by atoms with E-state index in [1.807, 2.05) is 0 Å². The van der Waals surface area contributed by atoms with Crippen molar-refractivity contribution in [3.8, 4) is 0 Å². The molecule has 3 rings (SSSR count). The fraction of sp³-hybridized carbons (Fsp3) is 0.381. The second kappa shape index (κ2) is 9.49. The van der Waals surface area contributed by atoms with Gasteiger partial charge < -0.3 is 19.7 Å². The Morgan fingerprint density at radius 1 is 1.18 bits per heavy atom. The van der Waals surface area contributed by atoms with Crippen molar-refractivity contribution < 1.29 is 30.3 Å². The lowest BCUT2D eigenvalue weighted by Gasteiger charge is -2.49. The lowest BCUT2D eigenvalue weighted by Crippen LogP contribution is -2.57. The Kier molecular flexibility index (Phi) is 4.26. The Labute approximate surface area is 181 Å². The first-order valence-electron chi connectivity index (χ1n) is 12.5. The zero-order valence-corrected chi connectivity index (χ0v) is 15.6. The van der Waals surface area contributed by atoms with Gasteiger partial charge in [0.25, 0.3) is 0 Å². The van der Waals surface area contributed by atoms with E-state index < -0.39 is 62.4 Å². The van der Waals surface area contributed by atoms with Gasteiger partial charge in [-0.05, 0) is 23.3 Å². The molecule has 1 aliphatic heterocycles. The van der Waals surface area contributed by atoms with E-state index in [0.717, 1.165) is 0 Å². The molecule has 1 saturated heterocycles. The second-order valence-corrected chi connectivity index (χ2v) is 6.53. The molecule has 0 saturated carbocycles. The van der Waals surface area contributed by atoms with Gasteiger partial charge in [0.15, 0.2) is 0 Å². The van der Waals surface area contributed by atoms with Gasteiger partial charge >= 0.3 is 5.97 Å². The van der Waals surface area contributed by atoms with Gasteiger partial charge in [-0.25, -0.2) is 4.79 Å². The summed E-state index contributed by atoms with van der Waals surface area (Å²) in [5.74, 6) is -1.37. The molecule has 2 aromatic rings. The molecule has 6 nitrogen and oxygen atoms in total. The molecule has 2 aromatic carbocycles. The number of rotatable bonds is 8.